The molecule has 8 heteroatoms. The summed E-state index contributed by atoms with van der Waals surface area (Å²) in [6.07, 6.45) is 1.29. The standard InChI is InChI=1S/C24H35N5O3/c1-15(16-7-9-17(10-8-16)19-11-12-26-28(19)6)27-22(31)20-13-18(30)14-29(20)23(32)21(25-5)24(2,3)4/h7-12,15,18,20-21,25,30H,13-14H2,1-6H3,(H,27,31). The van der Waals surface area contributed by atoms with E-state index in [1.165, 1.54) is 4.90 Å². The number of amides is 2. The Balaban J connectivity index is 1.70. The highest BCUT2D eigenvalue weighted by Gasteiger charge is 2.43. The first-order chi connectivity index (χ1) is 15.0. The van der Waals surface area contributed by atoms with Gasteiger partial charge in [-0.2, -0.15) is 5.10 Å². The summed E-state index contributed by atoms with van der Waals surface area (Å²) < 4.78 is 1.81. The molecule has 1 aromatic carbocycles. The monoisotopic (exact) mass is 441 g/mol. The van der Waals surface area contributed by atoms with Crippen molar-refractivity contribution in [1.29, 1.82) is 0 Å². The highest BCUT2D eigenvalue weighted by Crippen LogP contribution is 2.27. The SMILES string of the molecule is CNC(C(=O)N1CC(O)CC1C(=O)NC(C)c1ccc(-c2ccnn2C)cc1)C(C)(C)C. The third-order valence-electron chi connectivity index (χ3n) is 6.15. The summed E-state index contributed by atoms with van der Waals surface area (Å²) >= 11 is 0. The third kappa shape index (κ3) is 5.02. The molecule has 32 heavy (non-hydrogen) atoms. The molecule has 0 saturated carbocycles. The van der Waals surface area contributed by atoms with Gasteiger partial charge in [0.25, 0.3) is 0 Å². The number of likely N-dealkylation sites (N-methyl/N-ethyl adjacent to an activating group) is 1. The summed E-state index contributed by atoms with van der Waals surface area (Å²) in [4.78, 5) is 27.8. The number of aliphatic hydroxyl groups excluding tert-OH is 1. The van der Waals surface area contributed by atoms with Crippen LogP contribution >= 0.6 is 0 Å². The predicted octanol–water partition coefficient (Wildman–Crippen LogP) is 1.86. The summed E-state index contributed by atoms with van der Waals surface area (Å²) in [5.41, 5.74) is 2.70. The van der Waals surface area contributed by atoms with Crippen molar-refractivity contribution in [2.45, 2.75) is 58.3 Å². The zero-order chi connectivity index (χ0) is 23.6. The van der Waals surface area contributed by atoms with E-state index < -0.39 is 18.2 Å². The number of likely N-dealkylation sites (tertiary alicyclic amines) is 1. The number of benzene rings is 1. The Hall–Kier alpha value is -2.71. The summed E-state index contributed by atoms with van der Waals surface area (Å²) in [7, 11) is 3.64. The molecule has 2 amide bonds. The number of aromatic nitrogens is 2. The van der Waals surface area contributed by atoms with Crippen LogP contribution in [0.3, 0.4) is 0 Å². The number of aliphatic hydroxyl groups is 1. The van der Waals surface area contributed by atoms with Crippen LogP contribution in [0.2, 0.25) is 0 Å². The van der Waals surface area contributed by atoms with Crippen LogP contribution in [0.15, 0.2) is 36.5 Å². The second kappa shape index (κ2) is 9.42. The Morgan fingerprint density at radius 1 is 1.19 bits per heavy atom. The maximum atomic E-state index is 13.2. The zero-order valence-corrected chi connectivity index (χ0v) is 19.8. The number of β-amino-alcohol motifs (C(OH)–C–C–N with tert-alkyl or cyclic N) is 1. The average Bonchev–Trinajstić information content (AvgIpc) is 3.33. The molecule has 2 heterocycles. The molecule has 0 aliphatic carbocycles. The number of carbonyl (C=O) groups is 2. The highest BCUT2D eigenvalue weighted by molar-refractivity contribution is 5.91. The quantitative estimate of drug-likeness (QED) is 0.636. The Kier molecular flexibility index (Phi) is 7.05. The van der Waals surface area contributed by atoms with Gasteiger partial charge in [-0.3, -0.25) is 14.3 Å². The molecule has 3 rings (SSSR count). The second-order valence-electron chi connectivity index (χ2n) is 9.68. The first kappa shape index (κ1) is 23.9. The predicted molar refractivity (Wildman–Crippen MR) is 124 cm³/mol. The lowest BCUT2D eigenvalue weighted by Gasteiger charge is -2.34. The molecule has 1 aromatic heterocycles. The summed E-state index contributed by atoms with van der Waals surface area (Å²) in [5, 5.41) is 20.5. The number of hydrogen-bond acceptors (Lipinski definition) is 5. The van der Waals surface area contributed by atoms with E-state index in [0.717, 1.165) is 16.8 Å². The molecule has 1 saturated heterocycles. The van der Waals surface area contributed by atoms with Crippen molar-refractivity contribution in [3.8, 4) is 11.3 Å². The number of hydrogen-bond donors (Lipinski definition) is 3. The normalized spacial score (nSPS) is 20.8. The Morgan fingerprint density at radius 3 is 2.38 bits per heavy atom. The number of rotatable bonds is 6. The fourth-order valence-electron chi connectivity index (χ4n) is 4.39. The van der Waals surface area contributed by atoms with Crippen LogP contribution in [0.1, 0.15) is 45.7 Å². The van der Waals surface area contributed by atoms with Crippen molar-refractivity contribution in [2.75, 3.05) is 13.6 Å². The molecule has 4 atom stereocenters. The number of carbonyl (C=O) groups excluding carboxylic acids is 2. The molecule has 1 aliphatic heterocycles. The molecular formula is C24H35N5O3. The van der Waals surface area contributed by atoms with Crippen molar-refractivity contribution >= 4 is 11.8 Å². The fourth-order valence-corrected chi connectivity index (χ4v) is 4.39. The minimum absolute atomic E-state index is 0.162. The fraction of sp³-hybridized carbons (Fsp3) is 0.542. The van der Waals surface area contributed by atoms with Crippen LogP contribution in [0, 0.1) is 5.41 Å². The first-order valence-electron chi connectivity index (χ1n) is 11.1. The lowest BCUT2D eigenvalue weighted by molar-refractivity contribution is -0.142. The van der Waals surface area contributed by atoms with Crippen molar-refractivity contribution < 1.29 is 14.7 Å². The lowest BCUT2D eigenvalue weighted by Crippen LogP contribution is -2.56. The summed E-state index contributed by atoms with van der Waals surface area (Å²) in [6, 6.07) is 8.56. The van der Waals surface area contributed by atoms with Gasteiger partial charge in [0.15, 0.2) is 0 Å². The largest absolute Gasteiger partial charge is 0.391 e. The molecule has 0 spiro atoms. The Bertz CT molecular complexity index is 947. The second-order valence-corrected chi connectivity index (χ2v) is 9.68. The van der Waals surface area contributed by atoms with Crippen LogP contribution in [-0.4, -0.2) is 63.4 Å². The number of nitrogens with one attached hydrogen (secondary N) is 2. The summed E-state index contributed by atoms with van der Waals surface area (Å²) in [6.45, 7) is 8.01. The van der Waals surface area contributed by atoms with E-state index in [2.05, 4.69) is 15.7 Å². The van der Waals surface area contributed by atoms with E-state index in [9.17, 15) is 14.7 Å². The van der Waals surface area contributed by atoms with Gasteiger partial charge < -0.3 is 20.6 Å². The van der Waals surface area contributed by atoms with Gasteiger partial charge >= 0.3 is 0 Å². The van der Waals surface area contributed by atoms with E-state index in [-0.39, 0.29) is 36.2 Å². The van der Waals surface area contributed by atoms with E-state index in [1.807, 2.05) is 69.8 Å². The minimum atomic E-state index is -0.708. The molecule has 4 unspecified atom stereocenters. The summed E-state index contributed by atoms with van der Waals surface area (Å²) in [5.74, 6) is -0.410. The molecule has 8 nitrogen and oxygen atoms in total. The molecule has 3 N–H and O–H groups in total. The van der Waals surface area contributed by atoms with Gasteiger partial charge in [0, 0.05) is 26.2 Å². The maximum Gasteiger partial charge on any atom is 0.243 e. The molecule has 0 bridgehead atoms. The van der Waals surface area contributed by atoms with Crippen LogP contribution in [0.4, 0.5) is 0 Å². The van der Waals surface area contributed by atoms with Crippen LogP contribution in [0.5, 0.6) is 0 Å². The molecule has 0 radical (unpaired) electrons. The van der Waals surface area contributed by atoms with Crippen molar-refractivity contribution in [3.05, 3.63) is 42.1 Å². The van der Waals surface area contributed by atoms with Gasteiger partial charge in [-0.05, 0) is 36.6 Å². The van der Waals surface area contributed by atoms with E-state index in [4.69, 9.17) is 0 Å². The van der Waals surface area contributed by atoms with Gasteiger partial charge in [-0.1, -0.05) is 45.0 Å². The lowest BCUT2D eigenvalue weighted by atomic mass is 9.86. The van der Waals surface area contributed by atoms with Crippen LogP contribution in [0.25, 0.3) is 11.3 Å². The van der Waals surface area contributed by atoms with Crippen molar-refractivity contribution in [2.24, 2.45) is 12.5 Å². The highest BCUT2D eigenvalue weighted by atomic mass is 16.3. The van der Waals surface area contributed by atoms with Gasteiger partial charge in [0.1, 0.15) is 6.04 Å². The smallest absolute Gasteiger partial charge is 0.243 e. The van der Waals surface area contributed by atoms with Gasteiger partial charge in [-0.25, -0.2) is 0 Å². The van der Waals surface area contributed by atoms with Gasteiger partial charge in [0.2, 0.25) is 11.8 Å². The molecule has 174 valence electrons. The van der Waals surface area contributed by atoms with Crippen LogP contribution < -0.4 is 10.6 Å². The Labute approximate surface area is 190 Å². The molecule has 1 aliphatic rings. The first-order valence-corrected chi connectivity index (χ1v) is 11.1. The third-order valence-corrected chi connectivity index (χ3v) is 6.15. The van der Waals surface area contributed by atoms with E-state index >= 15 is 0 Å². The Morgan fingerprint density at radius 2 is 1.84 bits per heavy atom. The van der Waals surface area contributed by atoms with Crippen molar-refractivity contribution in [3.63, 3.8) is 0 Å². The number of nitrogens with zero attached hydrogens (tertiary/aromatic N) is 3. The van der Waals surface area contributed by atoms with E-state index in [0.29, 0.717) is 0 Å². The molecule has 2 aromatic rings. The topological polar surface area (TPSA) is 99.5 Å². The van der Waals surface area contributed by atoms with Gasteiger partial charge in [0.05, 0.1) is 23.9 Å². The van der Waals surface area contributed by atoms with Gasteiger partial charge in [-0.15, -0.1) is 0 Å². The van der Waals surface area contributed by atoms with E-state index in [1.54, 1.807) is 13.2 Å². The number of aryl methyl sites for hydroxylation is 1. The van der Waals surface area contributed by atoms with Crippen LogP contribution in [-0.2, 0) is 16.6 Å². The van der Waals surface area contributed by atoms with Crippen molar-refractivity contribution in [1.82, 2.24) is 25.3 Å². The average molecular weight is 442 g/mol. The molecular weight excluding hydrogens is 406 g/mol. The molecule has 1 fully saturated rings. The zero-order valence-electron chi connectivity index (χ0n) is 19.8. The maximum absolute atomic E-state index is 13.2. The minimum Gasteiger partial charge on any atom is -0.391 e.